The van der Waals surface area contributed by atoms with E-state index in [2.05, 4.69) is 16.0 Å². The van der Waals surface area contributed by atoms with Crippen LogP contribution in [0, 0.1) is 16.7 Å². The average Bonchev–Trinajstić information content (AvgIpc) is 2.55. The van der Waals surface area contributed by atoms with Crippen molar-refractivity contribution >= 4 is 5.82 Å². The number of aromatic nitrogens is 1. The number of piperidine rings is 1. The zero-order valence-corrected chi connectivity index (χ0v) is 12.6. The van der Waals surface area contributed by atoms with Crippen molar-refractivity contribution in [3.05, 3.63) is 23.9 Å². The summed E-state index contributed by atoms with van der Waals surface area (Å²) in [6.45, 7) is 2.62. The Bertz CT molecular complexity index is 501. The van der Waals surface area contributed by atoms with E-state index >= 15 is 0 Å². The van der Waals surface area contributed by atoms with Crippen LogP contribution in [0.2, 0.25) is 0 Å². The molecule has 5 heteroatoms. The predicted molar refractivity (Wildman–Crippen MR) is 81.0 cm³/mol. The van der Waals surface area contributed by atoms with Crippen molar-refractivity contribution in [3.63, 3.8) is 0 Å². The Hall–Kier alpha value is -1.64. The first-order valence-electron chi connectivity index (χ1n) is 7.45. The molecule has 2 heterocycles. The highest BCUT2D eigenvalue weighted by Crippen LogP contribution is 2.35. The summed E-state index contributed by atoms with van der Waals surface area (Å²) in [5, 5.41) is 18.8. The Morgan fingerprint density at radius 3 is 3.10 bits per heavy atom. The van der Waals surface area contributed by atoms with Crippen molar-refractivity contribution in [2.24, 2.45) is 5.41 Å². The molecule has 0 spiro atoms. The topological polar surface area (TPSA) is 69.4 Å². The molecule has 0 bridgehead atoms. The second kappa shape index (κ2) is 7.39. The summed E-state index contributed by atoms with van der Waals surface area (Å²) >= 11 is 0. The third kappa shape index (κ3) is 3.93. The van der Waals surface area contributed by atoms with Gasteiger partial charge < -0.3 is 14.7 Å². The smallest absolute Gasteiger partial charge is 0.142 e. The van der Waals surface area contributed by atoms with Crippen LogP contribution in [0.25, 0.3) is 0 Å². The van der Waals surface area contributed by atoms with E-state index in [0.29, 0.717) is 5.69 Å². The van der Waals surface area contributed by atoms with E-state index in [9.17, 15) is 5.11 Å². The number of pyridine rings is 1. The molecule has 2 rings (SSSR count). The van der Waals surface area contributed by atoms with Crippen molar-refractivity contribution in [3.8, 4) is 6.07 Å². The van der Waals surface area contributed by atoms with Gasteiger partial charge in [0.05, 0.1) is 6.61 Å². The maximum atomic E-state index is 9.87. The lowest BCUT2D eigenvalue weighted by atomic mass is 9.77. The number of aliphatic hydroxyl groups is 1. The van der Waals surface area contributed by atoms with Gasteiger partial charge in [0.25, 0.3) is 0 Å². The van der Waals surface area contributed by atoms with Crippen molar-refractivity contribution in [1.82, 2.24) is 4.98 Å². The van der Waals surface area contributed by atoms with Crippen LogP contribution in [0.4, 0.5) is 5.82 Å². The molecule has 0 aliphatic carbocycles. The fourth-order valence-corrected chi connectivity index (χ4v) is 3.07. The largest absolute Gasteiger partial charge is 0.396 e. The average molecular weight is 289 g/mol. The molecule has 114 valence electrons. The van der Waals surface area contributed by atoms with Crippen molar-refractivity contribution in [1.29, 1.82) is 5.26 Å². The Morgan fingerprint density at radius 2 is 2.38 bits per heavy atom. The molecule has 1 aromatic rings. The van der Waals surface area contributed by atoms with Gasteiger partial charge in [-0.25, -0.2) is 4.98 Å². The van der Waals surface area contributed by atoms with Gasteiger partial charge in [0.1, 0.15) is 17.6 Å². The normalized spacial score (nSPS) is 22.0. The summed E-state index contributed by atoms with van der Waals surface area (Å²) in [4.78, 5) is 6.56. The van der Waals surface area contributed by atoms with E-state index in [1.54, 1.807) is 13.2 Å². The third-order valence-electron chi connectivity index (χ3n) is 4.23. The van der Waals surface area contributed by atoms with Crippen LogP contribution < -0.4 is 4.90 Å². The molecule has 1 aliphatic rings. The molecular weight excluding hydrogens is 266 g/mol. The van der Waals surface area contributed by atoms with Crippen LogP contribution in [0.3, 0.4) is 0 Å². The number of ether oxygens (including phenoxy) is 1. The van der Waals surface area contributed by atoms with Crippen molar-refractivity contribution in [2.75, 3.05) is 38.3 Å². The molecule has 1 fully saturated rings. The Morgan fingerprint density at radius 1 is 1.52 bits per heavy atom. The summed E-state index contributed by atoms with van der Waals surface area (Å²) in [7, 11) is 1.70. The van der Waals surface area contributed by atoms with Gasteiger partial charge in [0.15, 0.2) is 0 Å². The minimum Gasteiger partial charge on any atom is -0.396 e. The lowest BCUT2D eigenvalue weighted by Crippen LogP contribution is -2.46. The standard InChI is InChI=1S/C16H23N3O2/c1-21-10-4-8-16(13-20)7-3-9-19(12-16)15-6-2-5-14(11-17)18-15/h2,5-6,20H,3-4,7-10,12-13H2,1H3/t16-/m1/s1. The lowest BCUT2D eigenvalue weighted by molar-refractivity contribution is 0.0820. The zero-order valence-electron chi connectivity index (χ0n) is 12.6. The first kappa shape index (κ1) is 15.7. The van der Waals surface area contributed by atoms with E-state index in [-0.39, 0.29) is 12.0 Å². The second-order valence-electron chi connectivity index (χ2n) is 5.77. The van der Waals surface area contributed by atoms with E-state index in [1.165, 1.54) is 0 Å². The molecule has 1 saturated heterocycles. The van der Waals surface area contributed by atoms with Crippen LogP contribution in [0.5, 0.6) is 0 Å². The zero-order chi connectivity index (χ0) is 15.1. The molecule has 1 aromatic heterocycles. The van der Waals surface area contributed by atoms with E-state index in [1.807, 2.05) is 12.1 Å². The second-order valence-corrected chi connectivity index (χ2v) is 5.77. The molecule has 0 radical (unpaired) electrons. The highest BCUT2D eigenvalue weighted by Gasteiger charge is 2.35. The van der Waals surface area contributed by atoms with Crippen LogP contribution >= 0.6 is 0 Å². The van der Waals surface area contributed by atoms with Gasteiger partial charge in [-0.3, -0.25) is 0 Å². The van der Waals surface area contributed by atoms with Gasteiger partial charge in [-0.2, -0.15) is 5.26 Å². The Kier molecular flexibility index (Phi) is 5.54. The summed E-state index contributed by atoms with van der Waals surface area (Å²) in [5.74, 6) is 0.832. The van der Waals surface area contributed by atoms with Crippen LogP contribution in [0.15, 0.2) is 18.2 Å². The number of hydrogen-bond acceptors (Lipinski definition) is 5. The monoisotopic (exact) mass is 289 g/mol. The molecule has 0 unspecified atom stereocenters. The summed E-state index contributed by atoms with van der Waals surface area (Å²) in [6.07, 6.45) is 3.97. The molecule has 0 saturated carbocycles. The summed E-state index contributed by atoms with van der Waals surface area (Å²) in [5.41, 5.74) is 0.355. The first-order valence-corrected chi connectivity index (χ1v) is 7.45. The SMILES string of the molecule is COCCC[C@]1(CO)CCCN(c2cccc(C#N)n2)C1. The van der Waals surface area contributed by atoms with Crippen molar-refractivity contribution in [2.45, 2.75) is 25.7 Å². The van der Waals surface area contributed by atoms with Gasteiger partial charge in [0, 0.05) is 32.2 Å². The number of nitriles is 1. The molecular formula is C16H23N3O2. The maximum Gasteiger partial charge on any atom is 0.142 e. The lowest BCUT2D eigenvalue weighted by Gasteiger charge is -2.42. The molecule has 0 aromatic carbocycles. The fourth-order valence-electron chi connectivity index (χ4n) is 3.07. The van der Waals surface area contributed by atoms with Crippen LogP contribution in [-0.2, 0) is 4.74 Å². The highest BCUT2D eigenvalue weighted by molar-refractivity contribution is 5.42. The number of nitrogens with zero attached hydrogens (tertiary/aromatic N) is 3. The molecule has 5 nitrogen and oxygen atoms in total. The first-order chi connectivity index (χ1) is 10.2. The van der Waals surface area contributed by atoms with E-state index < -0.39 is 0 Å². The fraction of sp³-hybridized carbons (Fsp3) is 0.625. The molecule has 1 atom stereocenters. The molecule has 21 heavy (non-hydrogen) atoms. The maximum absolute atomic E-state index is 9.87. The predicted octanol–water partition coefficient (Wildman–Crippen LogP) is 1.96. The number of rotatable bonds is 6. The van der Waals surface area contributed by atoms with Crippen LogP contribution in [0.1, 0.15) is 31.4 Å². The molecule has 1 N–H and O–H groups in total. The number of methoxy groups -OCH3 is 1. The number of aliphatic hydroxyl groups excluding tert-OH is 1. The van der Waals surface area contributed by atoms with Gasteiger partial charge >= 0.3 is 0 Å². The quantitative estimate of drug-likeness (QED) is 0.811. The van der Waals surface area contributed by atoms with E-state index in [0.717, 1.165) is 51.2 Å². The highest BCUT2D eigenvalue weighted by atomic mass is 16.5. The van der Waals surface area contributed by atoms with Gasteiger partial charge in [-0.15, -0.1) is 0 Å². The Labute approximate surface area is 126 Å². The number of hydrogen-bond donors (Lipinski definition) is 1. The van der Waals surface area contributed by atoms with Gasteiger partial charge in [-0.05, 0) is 37.8 Å². The van der Waals surface area contributed by atoms with Crippen molar-refractivity contribution < 1.29 is 9.84 Å². The minimum atomic E-state index is -0.0822. The van der Waals surface area contributed by atoms with Gasteiger partial charge in [0.2, 0.25) is 0 Å². The molecule has 0 amide bonds. The number of anilines is 1. The van der Waals surface area contributed by atoms with Crippen LogP contribution in [-0.4, -0.2) is 43.5 Å². The van der Waals surface area contributed by atoms with E-state index in [4.69, 9.17) is 10.00 Å². The summed E-state index contributed by atoms with van der Waals surface area (Å²) in [6, 6.07) is 7.59. The third-order valence-corrected chi connectivity index (χ3v) is 4.23. The minimum absolute atomic E-state index is 0.0822. The van der Waals surface area contributed by atoms with Gasteiger partial charge in [-0.1, -0.05) is 6.07 Å². The summed E-state index contributed by atoms with van der Waals surface area (Å²) < 4.78 is 5.12. The Balaban J connectivity index is 2.09. The molecule has 1 aliphatic heterocycles.